The van der Waals surface area contributed by atoms with Crippen molar-refractivity contribution in [2.24, 2.45) is 0 Å². The molecule has 1 heteroatoms. The fraction of sp³-hybridized carbons (Fsp3) is 0.545. The van der Waals surface area contributed by atoms with Gasteiger partial charge >= 0.3 is 0 Å². The molecule has 0 bridgehead atoms. The molecule has 1 aromatic rings. The highest BCUT2D eigenvalue weighted by Crippen LogP contribution is 2.05. The first-order valence-electron chi connectivity index (χ1n) is 4.74. The molecule has 12 heavy (non-hydrogen) atoms. The van der Waals surface area contributed by atoms with Crippen LogP contribution in [0.3, 0.4) is 0 Å². The van der Waals surface area contributed by atoms with Crippen molar-refractivity contribution in [1.29, 1.82) is 0 Å². The monoisotopic (exact) mass is 162 g/mol. The molecule has 0 aliphatic carbocycles. The van der Waals surface area contributed by atoms with Gasteiger partial charge in [0.1, 0.15) is 0 Å². The Balaban J connectivity index is 2.16. The summed E-state index contributed by atoms with van der Waals surface area (Å²) < 4.78 is 0. The Labute approximate surface area is 74.8 Å². The summed E-state index contributed by atoms with van der Waals surface area (Å²) in [5.74, 6) is 0. The fourth-order valence-electron chi connectivity index (χ4n) is 1.26. The molecule has 0 aliphatic heterocycles. The Morgan fingerprint density at radius 2 is 2.25 bits per heavy atom. The van der Waals surface area contributed by atoms with Crippen molar-refractivity contribution in [3.63, 3.8) is 0 Å². The van der Waals surface area contributed by atoms with Crippen LogP contribution in [-0.2, 0) is 6.42 Å². The average Bonchev–Trinajstić information content (AvgIpc) is 2.14. The van der Waals surface area contributed by atoms with E-state index in [1.54, 1.807) is 0 Å². The standard InChI is InChI=1S/C11H16N/c1-2-3-4-5-6-11-7-9-12-10-8-11/h7-9H,2-6H2,1H3. The second-order valence-electron chi connectivity index (χ2n) is 3.10. The minimum Gasteiger partial charge on any atom is -0.255 e. The third-order valence-corrected chi connectivity index (χ3v) is 2.01. The highest BCUT2D eigenvalue weighted by molar-refractivity contribution is 5.08. The van der Waals surface area contributed by atoms with Crippen molar-refractivity contribution < 1.29 is 0 Å². The van der Waals surface area contributed by atoms with Crippen molar-refractivity contribution >= 4 is 0 Å². The van der Waals surface area contributed by atoms with E-state index < -0.39 is 0 Å². The zero-order valence-corrected chi connectivity index (χ0v) is 7.71. The van der Waals surface area contributed by atoms with Crippen molar-refractivity contribution in [3.05, 3.63) is 30.1 Å². The largest absolute Gasteiger partial charge is 0.255 e. The summed E-state index contributed by atoms with van der Waals surface area (Å²) in [7, 11) is 0. The van der Waals surface area contributed by atoms with Crippen molar-refractivity contribution in [1.82, 2.24) is 4.98 Å². The minimum absolute atomic E-state index is 1.18. The molecule has 0 unspecified atom stereocenters. The summed E-state index contributed by atoms with van der Waals surface area (Å²) in [5.41, 5.74) is 1.36. The van der Waals surface area contributed by atoms with Gasteiger partial charge in [0.15, 0.2) is 0 Å². The van der Waals surface area contributed by atoms with Gasteiger partial charge in [-0.1, -0.05) is 26.2 Å². The first-order valence-corrected chi connectivity index (χ1v) is 4.74. The molecule has 0 aliphatic rings. The lowest BCUT2D eigenvalue weighted by Gasteiger charge is -1.98. The number of rotatable bonds is 5. The first-order chi connectivity index (χ1) is 5.93. The van der Waals surface area contributed by atoms with Crippen LogP contribution in [0.4, 0.5) is 0 Å². The lowest BCUT2D eigenvalue weighted by atomic mass is 10.1. The van der Waals surface area contributed by atoms with Gasteiger partial charge in [-0.05, 0) is 30.5 Å². The van der Waals surface area contributed by atoms with E-state index in [0.717, 1.165) is 0 Å². The molecule has 1 rings (SSSR count). The van der Waals surface area contributed by atoms with E-state index in [1.807, 2.05) is 12.3 Å². The molecule has 1 heterocycles. The van der Waals surface area contributed by atoms with Crippen molar-refractivity contribution in [3.8, 4) is 0 Å². The van der Waals surface area contributed by atoms with Crippen LogP contribution in [0.1, 0.15) is 38.2 Å². The predicted octanol–water partition coefficient (Wildman–Crippen LogP) is 3.00. The second-order valence-corrected chi connectivity index (χ2v) is 3.10. The molecule has 0 saturated heterocycles. The number of unbranched alkanes of at least 4 members (excludes halogenated alkanes) is 3. The van der Waals surface area contributed by atoms with Crippen LogP contribution in [0.25, 0.3) is 0 Å². The molecule has 65 valence electrons. The van der Waals surface area contributed by atoms with Gasteiger partial charge in [-0.3, -0.25) is 4.98 Å². The maximum absolute atomic E-state index is 3.86. The Morgan fingerprint density at radius 3 is 2.92 bits per heavy atom. The molecule has 1 nitrogen and oxygen atoms in total. The molecule has 1 aromatic heterocycles. The number of nitrogens with zero attached hydrogens (tertiary/aromatic N) is 1. The van der Waals surface area contributed by atoms with E-state index in [2.05, 4.69) is 24.2 Å². The maximum Gasteiger partial charge on any atom is 0.0888 e. The molecule has 0 spiro atoms. The molecular weight excluding hydrogens is 146 g/mol. The lowest BCUT2D eigenvalue weighted by molar-refractivity contribution is 0.666. The van der Waals surface area contributed by atoms with Gasteiger partial charge in [0, 0.05) is 6.20 Å². The second kappa shape index (κ2) is 5.76. The van der Waals surface area contributed by atoms with E-state index in [1.165, 1.54) is 37.7 Å². The van der Waals surface area contributed by atoms with Crippen LogP contribution in [0.5, 0.6) is 0 Å². The molecule has 0 atom stereocenters. The van der Waals surface area contributed by atoms with Crippen LogP contribution in [-0.4, -0.2) is 4.98 Å². The quantitative estimate of drug-likeness (QED) is 0.606. The number of hydrogen-bond acceptors (Lipinski definition) is 1. The third kappa shape index (κ3) is 3.51. The Hall–Kier alpha value is -0.850. The summed E-state index contributed by atoms with van der Waals surface area (Å²) in [4.78, 5) is 3.86. The summed E-state index contributed by atoms with van der Waals surface area (Å²) in [6.45, 7) is 2.24. The summed E-state index contributed by atoms with van der Waals surface area (Å²) in [5, 5.41) is 0. The highest BCUT2D eigenvalue weighted by Gasteiger charge is 1.91. The molecule has 0 N–H and O–H groups in total. The Kier molecular flexibility index (Phi) is 4.43. The topological polar surface area (TPSA) is 12.9 Å². The number of hydrogen-bond donors (Lipinski definition) is 0. The molecule has 1 radical (unpaired) electrons. The Morgan fingerprint density at radius 1 is 1.33 bits per heavy atom. The number of pyridine rings is 1. The van der Waals surface area contributed by atoms with Crippen LogP contribution in [0.15, 0.2) is 18.3 Å². The highest BCUT2D eigenvalue weighted by atomic mass is 14.6. The zero-order valence-electron chi connectivity index (χ0n) is 7.71. The van der Waals surface area contributed by atoms with Crippen molar-refractivity contribution in [2.45, 2.75) is 39.0 Å². The molecule has 0 fully saturated rings. The van der Waals surface area contributed by atoms with Crippen LogP contribution >= 0.6 is 0 Å². The van der Waals surface area contributed by atoms with Crippen LogP contribution in [0, 0.1) is 6.20 Å². The van der Waals surface area contributed by atoms with Gasteiger partial charge in [0.25, 0.3) is 0 Å². The van der Waals surface area contributed by atoms with E-state index >= 15 is 0 Å². The van der Waals surface area contributed by atoms with Gasteiger partial charge in [-0.15, -0.1) is 0 Å². The molecular formula is C11H16N. The lowest BCUT2D eigenvalue weighted by Crippen LogP contribution is -1.85. The summed E-state index contributed by atoms with van der Waals surface area (Å²) in [6.07, 6.45) is 11.2. The van der Waals surface area contributed by atoms with Crippen LogP contribution < -0.4 is 0 Å². The minimum atomic E-state index is 1.18. The smallest absolute Gasteiger partial charge is 0.0888 e. The normalized spacial score (nSPS) is 10.1. The van der Waals surface area contributed by atoms with Crippen LogP contribution in [0.2, 0.25) is 0 Å². The first kappa shape index (κ1) is 9.24. The Bertz CT molecular complexity index is 193. The summed E-state index contributed by atoms with van der Waals surface area (Å²) in [6, 6.07) is 4.05. The number of aromatic nitrogens is 1. The van der Waals surface area contributed by atoms with E-state index in [-0.39, 0.29) is 0 Å². The van der Waals surface area contributed by atoms with Gasteiger partial charge in [-0.25, -0.2) is 0 Å². The van der Waals surface area contributed by atoms with E-state index in [4.69, 9.17) is 0 Å². The maximum atomic E-state index is 3.86. The molecule has 0 amide bonds. The molecule has 0 saturated carbocycles. The SMILES string of the molecule is CCCCCCc1c[c]ncc1. The number of aryl methyl sites for hydroxylation is 1. The fourth-order valence-corrected chi connectivity index (χ4v) is 1.26. The van der Waals surface area contributed by atoms with Gasteiger partial charge in [0.05, 0.1) is 6.20 Å². The predicted molar refractivity (Wildman–Crippen MR) is 50.9 cm³/mol. The van der Waals surface area contributed by atoms with Gasteiger partial charge in [0.2, 0.25) is 0 Å². The zero-order chi connectivity index (χ0) is 8.65. The van der Waals surface area contributed by atoms with E-state index in [0.29, 0.717) is 0 Å². The van der Waals surface area contributed by atoms with Gasteiger partial charge < -0.3 is 0 Å². The average molecular weight is 162 g/mol. The van der Waals surface area contributed by atoms with Gasteiger partial charge in [-0.2, -0.15) is 0 Å². The molecule has 0 aromatic carbocycles. The third-order valence-electron chi connectivity index (χ3n) is 2.01. The van der Waals surface area contributed by atoms with Crippen molar-refractivity contribution in [2.75, 3.05) is 0 Å². The van der Waals surface area contributed by atoms with E-state index in [9.17, 15) is 0 Å². The summed E-state index contributed by atoms with van der Waals surface area (Å²) >= 11 is 0.